The molecule has 1 aromatic carbocycles. The fraction of sp³-hybridized carbons (Fsp3) is 0.308. The van der Waals surface area contributed by atoms with Gasteiger partial charge in [-0.3, -0.25) is 4.79 Å². The molecular weight excluding hydrogens is 260 g/mol. The molecule has 0 radical (unpaired) electrons. The number of nitrogens with zero attached hydrogens (tertiary/aromatic N) is 2. The molecule has 1 unspecified atom stereocenters. The van der Waals surface area contributed by atoms with E-state index in [-0.39, 0.29) is 17.6 Å². The van der Waals surface area contributed by atoms with E-state index >= 15 is 0 Å². The van der Waals surface area contributed by atoms with Gasteiger partial charge in [0.15, 0.2) is 0 Å². The largest absolute Gasteiger partial charge is 0.494 e. The molecule has 0 saturated carbocycles. The van der Waals surface area contributed by atoms with Crippen LogP contribution in [0.4, 0.5) is 5.82 Å². The molecule has 0 aliphatic heterocycles. The van der Waals surface area contributed by atoms with Crippen LogP contribution in [0.1, 0.15) is 35.9 Å². The number of nitrogens with one attached hydrogen (secondary N) is 1. The van der Waals surface area contributed by atoms with Gasteiger partial charge in [-0.1, -0.05) is 12.1 Å². The van der Waals surface area contributed by atoms with Crippen molar-refractivity contribution < 1.29 is 14.2 Å². The number of hydrogen-bond donors (Lipinski definition) is 2. The van der Waals surface area contributed by atoms with E-state index in [1.54, 1.807) is 0 Å². The number of hydrogen-bond acceptors (Lipinski definition) is 6. The normalized spacial score (nSPS) is 11.9. The number of carbonyl (C=O) groups is 1. The number of benzene rings is 1. The molecule has 7 nitrogen and oxygen atoms in total. The van der Waals surface area contributed by atoms with Crippen LogP contribution in [-0.2, 0) is 0 Å². The Hall–Kier alpha value is -2.57. The zero-order valence-corrected chi connectivity index (χ0v) is 11.3. The molecule has 0 bridgehead atoms. The van der Waals surface area contributed by atoms with Crippen LogP contribution in [0.15, 0.2) is 28.9 Å². The fourth-order valence-electron chi connectivity index (χ4n) is 1.72. The van der Waals surface area contributed by atoms with E-state index in [2.05, 4.69) is 20.3 Å². The van der Waals surface area contributed by atoms with Gasteiger partial charge in [-0.15, -0.1) is 0 Å². The predicted octanol–water partition coefficient (Wildman–Crippen LogP) is 1.54. The van der Waals surface area contributed by atoms with E-state index in [9.17, 15) is 4.79 Å². The number of ether oxygens (including phenoxy) is 1. The van der Waals surface area contributed by atoms with Crippen LogP contribution in [0, 0.1) is 0 Å². The van der Waals surface area contributed by atoms with Gasteiger partial charge < -0.3 is 15.8 Å². The number of amides is 1. The Morgan fingerprint density at radius 3 is 2.65 bits per heavy atom. The number of anilines is 1. The summed E-state index contributed by atoms with van der Waals surface area (Å²) in [7, 11) is 0. The van der Waals surface area contributed by atoms with Crippen molar-refractivity contribution in [2.75, 3.05) is 12.3 Å². The monoisotopic (exact) mass is 276 g/mol. The van der Waals surface area contributed by atoms with Crippen molar-refractivity contribution in [3.8, 4) is 5.75 Å². The standard InChI is InChI=1S/C13H16N4O3/c1-3-19-10-6-4-9(5-7-10)8(2)15-13(18)11-12(14)17-20-16-11/h4-8H,3H2,1-2H3,(H2,14,17)(H,15,18). The lowest BCUT2D eigenvalue weighted by atomic mass is 10.1. The Bertz CT molecular complexity index is 580. The SMILES string of the molecule is CCOc1ccc(C(C)NC(=O)c2nonc2N)cc1. The molecule has 2 aromatic rings. The van der Waals surface area contributed by atoms with Crippen molar-refractivity contribution in [2.45, 2.75) is 19.9 Å². The Labute approximate surface area is 116 Å². The summed E-state index contributed by atoms with van der Waals surface area (Å²) < 4.78 is 9.76. The van der Waals surface area contributed by atoms with Crippen LogP contribution in [-0.4, -0.2) is 22.8 Å². The van der Waals surface area contributed by atoms with Gasteiger partial charge in [0.1, 0.15) is 5.75 Å². The van der Waals surface area contributed by atoms with Gasteiger partial charge in [0, 0.05) is 0 Å². The molecule has 1 aromatic heterocycles. The van der Waals surface area contributed by atoms with Gasteiger partial charge in [-0.2, -0.15) is 0 Å². The first-order chi connectivity index (χ1) is 9.61. The highest BCUT2D eigenvalue weighted by Gasteiger charge is 2.18. The van der Waals surface area contributed by atoms with E-state index in [4.69, 9.17) is 10.5 Å². The van der Waals surface area contributed by atoms with Crippen molar-refractivity contribution in [1.29, 1.82) is 0 Å². The van der Waals surface area contributed by atoms with Crippen molar-refractivity contribution in [2.24, 2.45) is 0 Å². The minimum atomic E-state index is -0.426. The fourth-order valence-corrected chi connectivity index (χ4v) is 1.72. The van der Waals surface area contributed by atoms with Gasteiger partial charge in [-0.05, 0) is 41.9 Å². The van der Waals surface area contributed by atoms with E-state index in [1.165, 1.54) is 0 Å². The third kappa shape index (κ3) is 3.05. The Morgan fingerprint density at radius 2 is 2.10 bits per heavy atom. The van der Waals surface area contributed by atoms with Crippen molar-refractivity contribution in [3.05, 3.63) is 35.5 Å². The molecule has 0 spiro atoms. The molecule has 1 atom stereocenters. The molecule has 106 valence electrons. The second-order valence-corrected chi connectivity index (χ2v) is 4.20. The Balaban J connectivity index is 2.02. The third-order valence-corrected chi connectivity index (χ3v) is 2.77. The summed E-state index contributed by atoms with van der Waals surface area (Å²) >= 11 is 0. The predicted molar refractivity (Wildman–Crippen MR) is 72.2 cm³/mol. The lowest BCUT2D eigenvalue weighted by molar-refractivity contribution is 0.0930. The van der Waals surface area contributed by atoms with Gasteiger partial charge in [0.25, 0.3) is 5.91 Å². The first-order valence-corrected chi connectivity index (χ1v) is 6.23. The second-order valence-electron chi connectivity index (χ2n) is 4.20. The third-order valence-electron chi connectivity index (χ3n) is 2.77. The van der Waals surface area contributed by atoms with Crippen LogP contribution in [0.3, 0.4) is 0 Å². The highest BCUT2D eigenvalue weighted by atomic mass is 16.6. The molecule has 2 rings (SSSR count). The molecule has 0 aliphatic carbocycles. The highest BCUT2D eigenvalue weighted by molar-refractivity contribution is 5.96. The number of nitrogen functional groups attached to an aromatic ring is 1. The maximum absolute atomic E-state index is 11.9. The second kappa shape index (κ2) is 6.05. The summed E-state index contributed by atoms with van der Waals surface area (Å²) in [4.78, 5) is 11.9. The van der Waals surface area contributed by atoms with Crippen molar-refractivity contribution in [1.82, 2.24) is 15.6 Å². The van der Waals surface area contributed by atoms with E-state index in [1.807, 2.05) is 38.1 Å². The maximum Gasteiger partial charge on any atom is 0.277 e. The number of aromatic nitrogens is 2. The molecule has 0 fully saturated rings. The average molecular weight is 276 g/mol. The molecule has 0 saturated heterocycles. The first-order valence-electron chi connectivity index (χ1n) is 6.23. The van der Waals surface area contributed by atoms with Gasteiger partial charge in [0.05, 0.1) is 12.6 Å². The molecule has 0 aliphatic rings. The summed E-state index contributed by atoms with van der Waals surface area (Å²) in [6.07, 6.45) is 0. The summed E-state index contributed by atoms with van der Waals surface area (Å²) in [6, 6.07) is 7.29. The molecule has 1 amide bonds. The van der Waals surface area contributed by atoms with Crippen LogP contribution < -0.4 is 15.8 Å². The molecule has 1 heterocycles. The van der Waals surface area contributed by atoms with E-state index in [0.717, 1.165) is 11.3 Å². The number of nitrogens with two attached hydrogens (primary N) is 1. The summed E-state index contributed by atoms with van der Waals surface area (Å²) in [6.45, 7) is 4.40. The van der Waals surface area contributed by atoms with Crippen LogP contribution in [0.25, 0.3) is 0 Å². The van der Waals surface area contributed by atoms with Gasteiger partial charge >= 0.3 is 0 Å². The average Bonchev–Trinajstić information content (AvgIpc) is 2.86. The summed E-state index contributed by atoms with van der Waals surface area (Å²) in [5.74, 6) is 0.339. The highest BCUT2D eigenvalue weighted by Crippen LogP contribution is 2.18. The smallest absolute Gasteiger partial charge is 0.277 e. The van der Waals surface area contributed by atoms with E-state index < -0.39 is 5.91 Å². The quantitative estimate of drug-likeness (QED) is 0.858. The zero-order valence-electron chi connectivity index (χ0n) is 11.3. The lowest BCUT2D eigenvalue weighted by Crippen LogP contribution is -2.27. The molecule has 3 N–H and O–H groups in total. The molecule has 7 heteroatoms. The van der Waals surface area contributed by atoms with Crippen LogP contribution >= 0.6 is 0 Å². The van der Waals surface area contributed by atoms with Gasteiger partial charge in [-0.25, -0.2) is 4.63 Å². The Kier molecular flexibility index (Phi) is 4.19. The molecular formula is C13H16N4O3. The first kappa shape index (κ1) is 13.9. The number of rotatable bonds is 5. The van der Waals surface area contributed by atoms with Crippen molar-refractivity contribution >= 4 is 11.7 Å². The number of carbonyl (C=O) groups excluding carboxylic acids is 1. The summed E-state index contributed by atoms with van der Waals surface area (Å²) in [5.41, 5.74) is 6.39. The topological polar surface area (TPSA) is 103 Å². The zero-order chi connectivity index (χ0) is 14.5. The molecule has 20 heavy (non-hydrogen) atoms. The summed E-state index contributed by atoms with van der Waals surface area (Å²) in [5, 5.41) is 9.59. The van der Waals surface area contributed by atoms with Crippen molar-refractivity contribution in [3.63, 3.8) is 0 Å². The van der Waals surface area contributed by atoms with Crippen LogP contribution in [0.2, 0.25) is 0 Å². The van der Waals surface area contributed by atoms with Crippen LogP contribution in [0.5, 0.6) is 5.75 Å². The minimum Gasteiger partial charge on any atom is -0.494 e. The Morgan fingerprint density at radius 1 is 1.40 bits per heavy atom. The maximum atomic E-state index is 11.9. The lowest BCUT2D eigenvalue weighted by Gasteiger charge is -2.14. The van der Waals surface area contributed by atoms with Gasteiger partial charge in [0.2, 0.25) is 11.5 Å². The minimum absolute atomic E-state index is 0.0113. The van der Waals surface area contributed by atoms with E-state index in [0.29, 0.717) is 6.61 Å².